The van der Waals surface area contributed by atoms with Gasteiger partial charge in [0.1, 0.15) is 0 Å². The van der Waals surface area contributed by atoms with Crippen molar-refractivity contribution in [2.75, 3.05) is 50.7 Å². The van der Waals surface area contributed by atoms with Crippen molar-refractivity contribution in [1.82, 2.24) is 19.4 Å². The van der Waals surface area contributed by atoms with Gasteiger partial charge in [-0.25, -0.2) is 9.97 Å². The van der Waals surface area contributed by atoms with Gasteiger partial charge < -0.3 is 30.2 Å². The maximum atomic E-state index is 13.7. The van der Waals surface area contributed by atoms with Crippen LogP contribution in [0.2, 0.25) is 0 Å². The van der Waals surface area contributed by atoms with Gasteiger partial charge in [-0.2, -0.15) is 0 Å². The molecule has 9 nitrogen and oxygen atoms in total. The van der Waals surface area contributed by atoms with Gasteiger partial charge in [-0.3, -0.25) is 4.79 Å². The van der Waals surface area contributed by atoms with E-state index in [0.717, 1.165) is 102 Å². The Bertz CT molecular complexity index is 1640. The van der Waals surface area contributed by atoms with E-state index >= 15 is 0 Å². The number of amides is 1. The van der Waals surface area contributed by atoms with Gasteiger partial charge in [0.05, 0.1) is 35.4 Å². The number of anilines is 4. The van der Waals surface area contributed by atoms with E-state index in [1.54, 1.807) is 7.11 Å². The van der Waals surface area contributed by atoms with Crippen molar-refractivity contribution in [3.8, 4) is 17.1 Å². The molecule has 0 fully saturated rings. The van der Waals surface area contributed by atoms with Crippen LogP contribution in [-0.4, -0.2) is 60.1 Å². The van der Waals surface area contributed by atoms with Crippen molar-refractivity contribution in [3.63, 3.8) is 0 Å². The number of carbonyl (C=O) groups excluding carboxylic acids is 1. The van der Waals surface area contributed by atoms with E-state index in [-0.39, 0.29) is 5.91 Å². The lowest BCUT2D eigenvalue weighted by Crippen LogP contribution is -2.17. The molecule has 5 rings (SSSR count). The quantitative estimate of drug-likeness (QED) is 0.178. The number of fused-ring (bicyclic) bond motifs is 3. The maximum Gasteiger partial charge on any atom is 0.257 e. The van der Waals surface area contributed by atoms with Gasteiger partial charge in [-0.1, -0.05) is 38.1 Å². The highest BCUT2D eigenvalue weighted by atomic mass is 16.5. The third kappa shape index (κ3) is 6.15. The summed E-state index contributed by atoms with van der Waals surface area (Å²) in [5, 5.41) is 9.99. The molecule has 4 aromatic rings. The molecule has 0 aliphatic heterocycles. The number of nitrogens with zero attached hydrogens (tertiary/aromatic N) is 4. The van der Waals surface area contributed by atoms with Crippen molar-refractivity contribution in [1.29, 1.82) is 0 Å². The minimum Gasteiger partial charge on any atom is -0.492 e. The second-order valence-electron chi connectivity index (χ2n) is 11.6. The number of para-hydroxylation sites is 1. The summed E-state index contributed by atoms with van der Waals surface area (Å²) in [5.74, 6) is 1.13. The van der Waals surface area contributed by atoms with Gasteiger partial charge in [0, 0.05) is 32.2 Å². The molecule has 2 aromatic carbocycles. The van der Waals surface area contributed by atoms with Gasteiger partial charge in [0.15, 0.2) is 5.75 Å². The topological polar surface area (TPSA) is 96.3 Å². The Hall–Kier alpha value is -4.37. The Kier molecular flexibility index (Phi) is 9.54. The molecular weight excluding hydrogens is 550 g/mol. The zero-order chi connectivity index (χ0) is 31.4. The molecule has 1 aliphatic rings. The number of hydrogen-bond acceptors (Lipinski definition) is 7. The van der Waals surface area contributed by atoms with Crippen LogP contribution >= 0.6 is 0 Å². The molecular formula is C35H45N7O2. The summed E-state index contributed by atoms with van der Waals surface area (Å²) in [5.41, 5.74) is 10.8. The SMILES string of the molecule is CCc1cccc(CC)c1NC(=O)c1cn(C)c2c1CCc1cnc(Nc3ccc(CCCN(C)C)c(NC)c3OC)nc1-2. The monoisotopic (exact) mass is 595 g/mol. The van der Waals surface area contributed by atoms with E-state index in [1.807, 2.05) is 37.1 Å². The first-order chi connectivity index (χ1) is 21.3. The van der Waals surface area contributed by atoms with Crippen LogP contribution in [0.5, 0.6) is 5.75 Å². The zero-order valence-electron chi connectivity index (χ0n) is 27.1. The number of benzene rings is 2. The second-order valence-corrected chi connectivity index (χ2v) is 11.6. The minimum absolute atomic E-state index is 0.0803. The number of ether oxygens (including phenoxy) is 1. The van der Waals surface area contributed by atoms with E-state index in [1.165, 1.54) is 5.56 Å². The predicted octanol–water partition coefficient (Wildman–Crippen LogP) is 6.25. The first-order valence-corrected chi connectivity index (χ1v) is 15.5. The summed E-state index contributed by atoms with van der Waals surface area (Å²) >= 11 is 0. The standard InChI is InChI=1S/C35H45N7O2/c1-8-22-12-10-13-23(9-2)29(22)39-34(43)27-21-42(6)32-26(27)17-15-25-20-37-35(40-30(25)32)38-28-18-16-24(14-11-19-41(4)5)31(36-3)33(28)44-7/h10,12-13,16,18,20-21,36H,8-9,11,14-15,17,19H2,1-7H3,(H,39,43)(H,37,38,40). The number of nitrogens with one attached hydrogen (secondary N) is 3. The van der Waals surface area contributed by atoms with Crippen LogP contribution in [0.25, 0.3) is 11.4 Å². The highest BCUT2D eigenvalue weighted by Crippen LogP contribution is 2.39. The van der Waals surface area contributed by atoms with Gasteiger partial charge in [-0.15, -0.1) is 0 Å². The molecule has 3 N–H and O–H groups in total. The van der Waals surface area contributed by atoms with Crippen molar-refractivity contribution in [2.45, 2.75) is 52.4 Å². The summed E-state index contributed by atoms with van der Waals surface area (Å²) in [6, 6.07) is 10.4. The molecule has 0 spiro atoms. The number of rotatable bonds is 12. The lowest BCUT2D eigenvalue weighted by Gasteiger charge is -2.21. The Morgan fingerprint density at radius 2 is 1.80 bits per heavy atom. The second kappa shape index (κ2) is 13.5. The number of aryl methyl sites for hydroxylation is 5. The highest BCUT2D eigenvalue weighted by molar-refractivity contribution is 6.07. The van der Waals surface area contributed by atoms with Gasteiger partial charge in [0.25, 0.3) is 5.91 Å². The van der Waals surface area contributed by atoms with Gasteiger partial charge in [0.2, 0.25) is 5.95 Å². The highest BCUT2D eigenvalue weighted by Gasteiger charge is 2.28. The fourth-order valence-electron chi connectivity index (χ4n) is 6.26. The Balaban J connectivity index is 1.44. The fourth-order valence-corrected chi connectivity index (χ4v) is 6.26. The Morgan fingerprint density at radius 3 is 2.45 bits per heavy atom. The molecule has 0 radical (unpaired) electrons. The van der Waals surface area contributed by atoms with Crippen molar-refractivity contribution < 1.29 is 9.53 Å². The normalized spacial score (nSPS) is 12.1. The average molecular weight is 596 g/mol. The van der Waals surface area contributed by atoms with Crippen LogP contribution < -0.4 is 20.7 Å². The molecule has 44 heavy (non-hydrogen) atoms. The van der Waals surface area contributed by atoms with Crippen LogP contribution in [-0.2, 0) is 39.2 Å². The van der Waals surface area contributed by atoms with E-state index in [4.69, 9.17) is 9.72 Å². The minimum atomic E-state index is -0.0803. The fraction of sp³-hybridized carbons (Fsp3) is 0.400. The van der Waals surface area contributed by atoms with Crippen LogP contribution in [0, 0.1) is 0 Å². The number of methoxy groups -OCH3 is 1. The van der Waals surface area contributed by atoms with Gasteiger partial charge in [-0.05, 0) is 93.0 Å². The zero-order valence-corrected chi connectivity index (χ0v) is 27.1. The lowest BCUT2D eigenvalue weighted by atomic mass is 9.92. The summed E-state index contributed by atoms with van der Waals surface area (Å²) in [4.78, 5) is 25.6. The summed E-state index contributed by atoms with van der Waals surface area (Å²) in [6.07, 6.45) is 9.06. The van der Waals surface area contributed by atoms with E-state index in [9.17, 15) is 4.79 Å². The Morgan fingerprint density at radius 1 is 1.05 bits per heavy atom. The molecule has 232 valence electrons. The molecule has 2 heterocycles. The largest absolute Gasteiger partial charge is 0.492 e. The summed E-state index contributed by atoms with van der Waals surface area (Å²) < 4.78 is 7.89. The Labute approximate surface area is 261 Å². The van der Waals surface area contributed by atoms with E-state index in [0.29, 0.717) is 11.5 Å². The molecule has 0 atom stereocenters. The number of aromatic nitrogens is 3. The first kappa shape index (κ1) is 31.1. The molecule has 1 aliphatic carbocycles. The van der Waals surface area contributed by atoms with Crippen molar-refractivity contribution in [3.05, 3.63) is 76.1 Å². The summed E-state index contributed by atoms with van der Waals surface area (Å²) in [7, 11) is 9.77. The van der Waals surface area contributed by atoms with E-state index < -0.39 is 0 Å². The number of carbonyl (C=O) groups is 1. The van der Waals surface area contributed by atoms with Crippen molar-refractivity contribution >= 4 is 28.9 Å². The summed E-state index contributed by atoms with van der Waals surface area (Å²) in [6.45, 7) is 5.25. The third-order valence-corrected chi connectivity index (χ3v) is 8.50. The van der Waals surface area contributed by atoms with Crippen LogP contribution in [0.1, 0.15) is 58.4 Å². The molecule has 0 saturated carbocycles. The van der Waals surface area contributed by atoms with Crippen LogP contribution in [0.3, 0.4) is 0 Å². The molecule has 0 bridgehead atoms. The maximum absolute atomic E-state index is 13.7. The molecule has 2 aromatic heterocycles. The third-order valence-electron chi connectivity index (χ3n) is 8.50. The molecule has 0 saturated heterocycles. The molecule has 9 heteroatoms. The van der Waals surface area contributed by atoms with Crippen LogP contribution in [0.15, 0.2) is 42.7 Å². The first-order valence-electron chi connectivity index (χ1n) is 15.5. The van der Waals surface area contributed by atoms with Crippen LogP contribution in [0.4, 0.5) is 23.0 Å². The van der Waals surface area contributed by atoms with Crippen molar-refractivity contribution in [2.24, 2.45) is 7.05 Å². The molecule has 1 amide bonds. The number of hydrogen-bond donors (Lipinski definition) is 3. The predicted molar refractivity (Wildman–Crippen MR) is 180 cm³/mol. The van der Waals surface area contributed by atoms with Gasteiger partial charge >= 0.3 is 0 Å². The lowest BCUT2D eigenvalue weighted by molar-refractivity contribution is 0.102. The smallest absolute Gasteiger partial charge is 0.257 e. The average Bonchev–Trinajstić information content (AvgIpc) is 3.37. The molecule has 0 unspecified atom stereocenters. The van der Waals surface area contributed by atoms with E-state index in [2.05, 4.69) is 78.0 Å².